The van der Waals surface area contributed by atoms with E-state index in [4.69, 9.17) is 5.73 Å². The van der Waals surface area contributed by atoms with Crippen LogP contribution in [0.3, 0.4) is 0 Å². The lowest BCUT2D eigenvalue weighted by molar-refractivity contribution is -0.131. The van der Waals surface area contributed by atoms with E-state index in [0.29, 0.717) is 37.2 Å². The minimum absolute atomic E-state index is 0.000211. The summed E-state index contributed by atoms with van der Waals surface area (Å²) in [6.45, 7) is 0.641. The molecule has 9 nitrogen and oxygen atoms in total. The lowest BCUT2D eigenvalue weighted by Crippen LogP contribution is -2.44. The van der Waals surface area contributed by atoms with Gasteiger partial charge in [-0.15, -0.1) is 0 Å². The van der Waals surface area contributed by atoms with Gasteiger partial charge in [0.25, 0.3) is 11.8 Å². The predicted octanol–water partition coefficient (Wildman–Crippen LogP) is 0.568. The van der Waals surface area contributed by atoms with E-state index in [2.05, 4.69) is 16.0 Å². The summed E-state index contributed by atoms with van der Waals surface area (Å²) in [6, 6.07) is 6.18. The van der Waals surface area contributed by atoms with Crippen LogP contribution in [0.2, 0.25) is 0 Å². The Bertz CT molecular complexity index is 788. The Kier molecular flexibility index (Phi) is 5.93. The number of para-hydroxylation sites is 1. The van der Waals surface area contributed by atoms with Crippen molar-refractivity contribution < 1.29 is 19.2 Å². The zero-order valence-corrected chi connectivity index (χ0v) is 15.6. The third-order valence-corrected chi connectivity index (χ3v) is 5.14. The number of nitrogens with one attached hydrogen (secondary N) is 3. The highest BCUT2D eigenvalue weighted by atomic mass is 16.2. The third kappa shape index (κ3) is 3.99. The molecule has 1 aromatic carbocycles. The van der Waals surface area contributed by atoms with Gasteiger partial charge in [-0.05, 0) is 25.0 Å². The molecule has 5 N–H and O–H groups in total. The van der Waals surface area contributed by atoms with Crippen molar-refractivity contribution in [3.8, 4) is 0 Å². The highest BCUT2D eigenvalue weighted by Gasteiger charge is 2.52. The van der Waals surface area contributed by atoms with Gasteiger partial charge in [-0.1, -0.05) is 25.0 Å². The Labute approximate surface area is 163 Å². The minimum Gasteiger partial charge on any atom is -0.351 e. The van der Waals surface area contributed by atoms with Crippen molar-refractivity contribution in [2.45, 2.75) is 37.6 Å². The van der Waals surface area contributed by atoms with E-state index >= 15 is 0 Å². The van der Waals surface area contributed by atoms with Gasteiger partial charge in [0, 0.05) is 26.1 Å². The van der Waals surface area contributed by atoms with Gasteiger partial charge < -0.3 is 21.7 Å². The van der Waals surface area contributed by atoms with Gasteiger partial charge in [-0.2, -0.15) is 0 Å². The smallest absolute Gasteiger partial charge is 0.325 e. The average Bonchev–Trinajstić information content (AvgIpc) is 3.24. The topological polar surface area (TPSA) is 134 Å². The Morgan fingerprint density at radius 2 is 1.89 bits per heavy atom. The molecule has 1 aliphatic heterocycles. The first kappa shape index (κ1) is 19.8. The van der Waals surface area contributed by atoms with E-state index in [1.54, 1.807) is 24.3 Å². The van der Waals surface area contributed by atoms with Crippen molar-refractivity contribution in [1.82, 2.24) is 15.5 Å². The molecular formula is C19H25N5O4. The number of carbonyl (C=O) groups excluding carboxylic acids is 4. The maximum atomic E-state index is 12.6. The lowest BCUT2D eigenvalue weighted by Gasteiger charge is -2.20. The van der Waals surface area contributed by atoms with E-state index in [0.717, 1.165) is 17.7 Å². The molecule has 3 rings (SSSR count). The number of imide groups is 1. The van der Waals surface area contributed by atoms with Crippen molar-refractivity contribution in [1.29, 1.82) is 0 Å². The zero-order chi connectivity index (χ0) is 20.1. The molecule has 0 aromatic heterocycles. The first-order valence-electron chi connectivity index (χ1n) is 9.48. The van der Waals surface area contributed by atoms with Crippen LogP contribution in [-0.2, 0) is 9.59 Å². The highest BCUT2D eigenvalue weighted by molar-refractivity contribution is 6.08. The van der Waals surface area contributed by atoms with E-state index in [1.807, 2.05) is 0 Å². The second-order valence-corrected chi connectivity index (χ2v) is 7.06. The third-order valence-electron chi connectivity index (χ3n) is 5.14. The fourth-order valence-electron chi connectivity index (χ4n) is 3.69. The molecule has 28 heavy (non-hydrogen) atoms. The highest BCUT2D eigenvalue weighted by Crippen LogP contribution is 2.35. The van der Waals surface area contributed by atoms with Crippen LogP contribution in [0.1, 0.15) is 42.5 Å². The summed E-state index contributed by atoms with van der Waals surface area (Å²) in [4.78, 5) is 50.4. The van der Waals surface area contributed by atoms with E-state index in [1.165, 1.54) is 0 Å². The molecule has 1 aromatic rings. The number of hydrogen-bond acceptors (Lipinski definition) is 5. The summed E-state index contributed by atoms with van der Waals surface area (Å²) in [7, 11) is 0. The fraction of sp³-hybridized carbons (Fsp3) is 0.474. The van der Waals surface area contributed by atoms with Crippen LogP contribution in [0.25, 0.3) is 0 Å². The largest absolute Gasteiger partial charge is 0.351 e. The van der Waals surface area contributed by atoms with Gasteiger partial charge in [-0.3, -0.25) is 19.3 Å². The number of hydrogen-bond donors (Lipinski definition) is 4. The summed E-state index contributed by atoms with van der Waals surface area (Å²) in [5, 5.41) is 8.13. The molecule has 0 atom stereocenters. The van der Waals surface area contributed by atoms with Gasteiger partial charge in [0.15, 0.2) is 0 Å². The molecule has 5 amide bonds. The Balaban J connectivity index is 1.59. The Morgan fingerprint density at radius 1 is 1.18 bits per heavy atom. The van der Waals surface area contributed by atoms with Crippen molar-refractivity contribution in [2.24, 2.45) is 5.73 Å². The number of nitrogens with two attached hydrogens (primary N) is 1. The molecule has 0 radical (unpaired) electrons. The van der Waals surface area contributed by atoms with Crippen LogP contribution in [-0.4, -0.2) is 53.8 Å². The number of rotatable bonds is 7. The predicted molar refractivity (Wildman–Crippen MR) is 103 cm³/mol. The van der Waals surface area contributed by atoms with Crippen LogP contribution in [0.5, 0.6) is 0 Å². The molecule has 0 unspecified atom stereocenters. The molecule has 2 aliphatic rings. The van der Waals surface area contributed by atoms with Crippen LogP contribution >= 0.6 is 0 Å². The van der Waals surface area contributed by atoms with Gasteiger partial charge in [0.1, 0.15) is 5.54 Å². The van der Waals surface area contributed by atoms with Gasteiger partial charge in [-0.25, -0.2) is 4.79 Å². The molecule has 9 heteroatoms. The normalized spacial score (nSPS) is 17.7. The molecule has 1 spiro atoms. The standard InChI is InChI=1S/C19H25N5O4/c20-10-11-21-16(26)13-5-1-2-6-14(13)22-15(25)7-12-24-17(27)19(23-18(24)28)8-3-4-9-19/h1-2,5-6H,3-4,7-12,20H2,(H,21,26)(H,22,25)(H,23,28). The molecular weight excluding hydrogens is 362 g/mol. The second-order valence-electron chi connectivity index (χ2n) is 7.06. The average molecular weight is 387 g/mol. The van der Waals surface area contributed by atoms with Crippen LogP contribution in [0, 0.1) is 0 Å². The van der Waals surface area contributed by atoms with Crippen molar-refractivity contribution >= 4 is 29.4 Å². The Morgan fingerprint density at radius 3 is 2.61 bits per heavy atom. The maximum Gasteiger partial charge on any atom is 0.325 e. The molecule has 1 heterocycles. The number of carbonyl (C=O) groups is 4. The van der Waals surface area contributed by atoms with Gasteiger partial charge in [0.05, 0.1) is 11.3 Å². The van der Waals surface area contributed by atoms with Gasteiger partial charge >= 0.3 is 6.03 Å². The second kappa shape index (κ2) is 8.39. The summed E-state index contributed by atoms with van der Waals surface area (Å²) < 4.78 is 0. The number of benzene rings is 1. The molecule has 1 aliphatic carbocycles. The zero-order valence-electron chi connectivity index (χ0n) is 15.6. The number of urea groups is 1. The quantitative estimate of drug-likeness (QED) is 0.508. The maximum absolute atomic E-state index is 12.6. The molecule has 0 bridgehead atoms. The number of nitrogens with zero attached hydrogens (tertiary/aromatic N) is 1. The lowest BCUT2D eigenvalue weighted by atomic mass is 9.98. The van der Waals surface area contributed by atoms with E-state index in [9.17, 15) is 19.2 Å². The van der Waals surface area contributed by atoms with Crippen LogP contribution in [0.4, 0.5) is 10.5 Å². The summed E-state index contributed by atoms with van der Waals surface area (Å²) >= 11 is 0. The van der Waals surface area contributed by atoms with Crippen molar-refractivity contribution in [3.63, 3.8) is 0 Å². The van der Waals surface area contributed by atoms with Crippen molar-refractivity contribution in [3.05, 3.63) is 29.8 Å². The number of amides is 5. The van der Waals surface area contributed by atoms with Crippen LogP contribution < -0.4 is 21.7 Å². The Hall–Kier alpha value is -2.94. The van der Waals surface area contributed by atoms with Crippen molar-refractivity contribution in [2.75, 3.05) is 25.0 Å². The van der Waals surface area contributed by atoms with Gasteiger partial charge in [0.2, 0.25) is 5.91 Å². The SMILES string of the molecule is NCCNC(=O)c1ccccc1NC(=O)CCN1C(=O)NC2(CCCC2)C1=O. The summed E-state index contributed by atoms with van der Waals surface area (Å²) in [5.74, 6) is -0.963. The molecule has 1 saturated heterocycles. The van der Waals surface area contributed by atoms with E-state index < -0.39 is 11.6 Å². The molecule has 1 saturated carbocycles. The van der Waals surface area contributed by atoms with Crippen LogP contribution in [0.15, 0.2) is 24.3 Å². The monoisotopic (exact) mass is 387 g/mol. The molecule has 150 valence electrons. The minimum atomic E-state index is -0.777. The van der Waals surface area contributed by atoms with E-state index in [-0.39, 0.29) is 30.7 Å². The molecule has 2 fully saturated rings. The fourth-order valence-corrected chi connectivity index (χ4v) is 3.69. The summed E-state index contributed by atoms with van der Waals surface area (Å²) in [5.41, 5.74) is 5.30. The summed E-state index contributed by atoms with van der Waals surface area (Å²) in [6.07, 6.45) is 3.05. The number of anilines is 1. The first-order chi connectivity index (χ1) is 13.5. The first-order valence-corrected chi connectivity index (χ1v) is 9.48.